The summed E-state index contributed by atoms with van der Waals surface area (Å²) in [5.41, 5.74) is 10.1. The van der Waals surface area contributed by atoms with Crippen molar-refractivity contribution in [2.24, 2.45) is 0 Å². The lowest BCUT2D eigenvalue weighted by molar-refractivity contribution is -0.124. The van der Waals surface area contributed by atoms with E-state index in [1.165, 1.54) is 0 Å². The number of anilines is 1. The molecule has 0 heterocycles. The molecule has 0 atom stereocenters. The Kier molecular flexibility index (Phi) is 7.17. The molecular weight excluding hydrogens is 390 g/mol. The van der Waals surface area contributed by atoms with Gasteiger partial charge < -0.3 is 5.32 Å². The van der Waals surface area contributed by atoms with E-state index in [1.807, 2.05) is 74.5 Å². The minimum atomic E-state index is -0.440. The molecule has 0 unspecified atom stereocenters. The normalized spacial score (nSPS) is 10.3. The molecule has 3 N–H and O–H groups in total. The van der Waals surface area contributed by atoms with Crippen molar-refractivity contribution in [3.8, 4) is 11.1 Å². The fourth-order valence-electron chi connectivity index (χ4n) is 2.98. The summed E-state index contributed by atoms with van der Waals surface area (Å²) in [6.07, 6.45) is -0.0235. The molecule has 6 nitrogen and oxygen atoms in total. The lowest BCUT2D eigenvalue weighted by Crippen LogP contribution is -2.41. The third-order valence-corrected chi connectivity index (χ3v) is 4.94. The quantitative estimate of drug-likeness (QED) is 0.529. The van der Waals surface area contributed by atoms with Crippen LogP contribution in [0.3, 0.4) is 0 Å². The van der Waals surface area contributed by atoms with Crippen LogP contribution in [0, 0.1) is 13.8 Å². The van der Waals surface area contributed by atoms with Crippen LogP contribution in [0.4, 0.5) is 5.69 Å². The van der Waals surface area contributed by atoms with Crippen LogP contribution in [0.25, 0.3) is 11.1 Å². The van der Waals surface area contributed by atoms with E-state index in [4.69, 9.17) is 0 Å². The van der Waals surface area contributed by atoms with Gasteiger partial charge in [-0.05, 0) is 60.4 Å². The Morgan fingerprint density at radius 3 is 2.00 bits per heavy atom. The first-order chi connectivity index (χ1) is 14.9. The standard InChI is InChI=1S/C25H25N3O3/c1-17-8-13-22(16-18(17)2)26-23(29)14-15-24(30)27-28-25(31)21-11-9-20(10-12-21)19-6-4-3-5-7-19/h3-13,16H,14-15H2,1-2H3,(H,26,29)(H,27,30)(H,28,31). The monoisotopic (exact) mass is 415 g/mol. The summed E-state index contributed by atoms with van der Waals surface area (Å²) in [4.78, 5) is 36.2. The number of aryl methyl sites for hydroxylation is 2. The second kappa shape index (κ2) is 10.2. The molecule has 3 aromatic rings. The van der Waals surface area contributed by atoms with Crippen molar-refractivity contribution in [3.63, 3.8) is 0 Å². The molecule has 0 radical (unpaired) electrons. The Morgan fingerprint density at radius 1 is 0.677 bits per heavy atom. The molecule has 0 aliphatic rings. The Bertz CT molecular complexity index is 1080. The average molecular weight is 415 g/mol. The van der Waals surface area contributed by atoms with Crippen LogP contribution in [-0.2, 0) is 9.59 Å². The van der Waals surface area contributed by atoms with Crippen LogP contribution in [0.15, 0.2) is 72.8 Å². The molecule has 0 aliphatic heterocycles. The van der Waals surface area contributed by atoms with E-state index < -0.39 is 11.8 Å². The Hall–Kier alpha value is -3.93. The molecular formula is C25H25N3O3. The first kappa shape index (κ1) is 21.8. The third kappa shape index (κ3) is 6.27. The number of carbonyl (C=O) groups excluding carboxylic acids is 3. The van der Waals surface area contributed by atoms with Gasteiger partial charge in [-0.15, -0.1) is 0 Å². The summed E-state index contributed by atoms with van der Waals surface area (Å²) >= 11 is 0. The van der Waals surface area contributed by atoms with E-state index in [0.29, 0.717) is 11.3 Å². The molecule has 6 heteroatoms. The molecule has 3 aromatic carbocycles. The van der Waals surface area contributed by atoms with Crippen LogP contribution in [0.1, 0.15) is 34.3 Å². The van der Waals surface area contributed by atoms with Gasteiger partial charge in [0.15, 0.2) is 0 Å². The topological polar surface area (TPSA) is 87.3 Å². The zero-order valence-corrected chi connectivity index (χ0v) is 17.6. The number of nitrogens with one attached hydrogen (secondary N) is 3. The van der Waals surface area contributed by atoms with Crippen LogP contribution in [-0.4, -0.2) is 17.7 Å². The van der Waals surface area contributed by atoms with Crippen molar-refractivity contribution in [1.82, 2.24) is 10.9 Å². The lowest BCUT2D eigenvalue weighted by Gasteiger charge is -2.09. The molecule has 158 valence electrons. The molecule has 3 amide bonds. The molecule has 0 bridgehead atoms. The predicted octanol–water partition coefficient (Wildman–Crippen LogP) is 4.15. The van der Waals surface area contributed by atoms with Crippen LogP contribution < -0.4 is 16.2 Å². The maximum absolute atomic E-state index is 12.2. The van der Waals surface area contributed by atoms with E-state index in [9.17, 15) is 14.4 Å². The van der Waals surface area contributed by atoms with Gasteiger partial charge in [0, 0.05) is 24.1 Å². The molecule has 0 aliphatic carbocycles. The van der Waals surface area contributed by atoms with Crippen molar-refractivity contribution < 1.29 is 14.4 Å². The van der Waals surface area contributed by atoms with Crippen molar-refractivity contribution in [2.45, 2.75) is 26.7 Å². The first-order valence-electron chi connectivity index (χ1n) is 10.0. The second-order valence-electron chi connectivity index (χ2n) is 7.29. The Morgan fingerprint density at radius 2 is 1.32 bits per heavy atom. The highest BCUT2D eigenvalue weighted by atomic mass is 16.2. The SMILES string of the molecule is Cc1ccc(NC(=O)CCC(=O)NNC(=O)c2ccc(-c3ccccc3)cc2)cc1C. The summed E-state index contributed by atoms with van der Waals surface area (Å²) in [5.74, 6) is -1.13. The van der Waals surface area contributed by atoms with Gasteiger partial charge in [-0.25, -0.2) is 0 Å². The molecule has 31 heavy (non-hydrogen) atoms. The largest absolute Gasteiger partial charge is 0.326 e. The van der Waals surface area contributed by atoms with E-state index in [2.05, 4.69) is 16.2 Å². The summed E-state index contributed by atoms with van der Waals surface area (Å²) in [6, 6.07) is 22.6. The number of amides is 3. The van der Waals surface area contributed by atoms with Gasteiger partial charge in [0.1, 0.15) is 0 Å². The van der Waals surface area contributed by atoms with Gasteiger partial charge >= 0.3 is 0 Å². The maximum atomic E-state index is 12.2. The zero-order chi connectivity index (χ0) is 22.2. The van der Waals surface area contributed by atoms with Crippen LogP contribution >= 0.6 is 0 Å². The van der Waals surface area contributed by atoms with Gasteiger partial charge in [0.05, 0.1) is 0 Å². The smallest absolute Gasteiger partial charge is 0.269 e. The number of carbonyl (C=O) groups is 3. The summed E-state index contributed by atoms with van der Waals surface area (Å²) in [6.45, 7) is 3.97. The fourth-order valence-corrected chi connectivity index (χ4v) is 2.98. The molecule has 0 spiro atoms. The molecule has 0 aromatic heterocycles. The minimum absolute atomic E-state index is 0.0143. The van der Waals surface area contributed by atoms with Crippen molar-refractivity contribution in [2.75, 3.05) is 5.32 Å². The molecule has 0 fully saturated rings. The minimum Gasteiger partial charge on any atom is -0.326 e. The van der Waals surface area contributed by atoms with Gasteiger partial charge in [0.25, 0.3) is 5.91 Å². The van der Waals surface area contributed by atoms with Crippen molar-refractivity contribution >= 4 is 23.4 Å². The van der Waals surface area contributed by atoms with E-state index in [0.717, 1.165) is 22.3 Å². The highest BCUT2D eigenvalue weighted by molar-refractivity contribution is 5.97. The van der Waals surface area contributed by atoms with Gasteiger partial charge in [-0.3, -0.25) is 25.2 Å². The number of hydrazine groups is 1. The van der Waals surface area contributed by atoms with Gasteiger partial charge in [0.2, 0.25) is 11.8 Å². The van der Waals surface area contributed by atoms with E-state index in [1.54, 1.807) is 12.1 Å². The number of hydrogen-bond donors (Lipinski definition) is 3. The summed E-state index contributed by atoms with van der Waals surface area (Å²) in [5, 5.41) is 2.77. The van der Waals surface area contributed by atoms with E-state index >= 15 is 0 Å². The number of rotatable bonds is 6. The average Bonchev–Trinajstić information content (AvgIpc) is 2.79. The lowest BCUT2D eigenvalue weighted by atomic mass is 10.0. The number of hydrogen-bond acceptors (Lipinski definition) is 3. The maximum Gasteiger partial charge on any atom is 0.269 e. The fraction of sp³-hybridized carbons (Fsp3) is 0.160. The van der Waals surface area contributed by atoms with Crippen LogP contribution in [0.2, 0.25) is 0 Å². The molecule has 0 saturated carbocycles. The Labute approximate surface area is 181 Å². The zero-order valence-electron chi connectivity index (χ0n) is 17.6. The van der Waals surface area contributed by atoms with E-state index in [-0.39, 0.29) is 18.7 Å². The summed E-state index contributed by atoms with van der Waals surface area (Å²) < 4.78 is 0. The number of benzene rings is 3. The first-order valence-corrected chi connectivity index (χ1v) is 10.0. The molecule has 0 saturated heterocycles. The van der Waals surface area contributed by atoms with Gasteiger partial charge in [-0.1, -0.05) is 48.5 Å². The Balaban J connectivity index is 1.43. The third-order valence-electron chi connectivity index (χ3n) is 4.94. The van der Waals surface area contributed by atoms with Crippen molar-refractivity contribution in [1.29, 1.82) is 0 Å². The predicted molar refractivity (Wildman–Crippen MR) is 121 cm³/mol. The van der Waals surface area contributed by atoms with Crippen molar-refractivity contribution in [3.05, 3.63) is 89.5 Å². The highest BCUT2D eigenvalue weighted by Crippen LogP contribution is 2.19. The van der Waals surface area contributed by atoms with Crippen LogP contribution in [0.5, 0.6) is 0 Å². The second-order valence-corrected chi connectivity index (χ2v) is 7.29. The molecule has 3 rings (SSSR count). The van der Waals surface area contributed by atoms with Gasteiger partial charge in [-0.2, -0.15) is 0 Å². The highest BCUT2D eigenvalue weighted by Gasteiger charge is 2.10. The summed E-state index contributed by atoms with van der Waals surface area (Å²) in [7, 11) is 0.